The largest absolute Gasteiger partial charge is 0.480 e. The number of aliphatic imine (C=N–C) groups is 1. The number of nitrogens with zero attached hydrogens (tertiary/aromatic N) is 2. The van der Waals surface area contributed by atoms with Crippen LogP contribution in [-0.4, -0.2) is 65.5 Å². The van der Waals surface area contributed by atoms with Crippen molar-refractivity contribution in [2.24, 2.45) is 15.9 Å². The molecule has 0 saturated heterocycles. The minimum Gasteiger partial charge on any atom is -0.480 e. The molecular weight excluding hydrogens is 442 g/mol. The van der Waals surface area contributed by atoms with Gasteiger partial charge in [-0.15, -0.1) is 0 Å². The van der Waals surface area contributed by atoms with Crippen LogP contribution in [0.15, 0.2) is 64.7 Å². The van der Waals surface area contributed by atoms with Crippen molar-refractivity contribution >= 4 is 30.5 Å². The smallest absolute Gasteiger partial charge is 0.328 e. The number of carboxylic acid groups (broad SMARTS) is 1. The Morgan fingerprint density at radius 1 is 1.06 bits per heavy atom. The first-order valence-corrected chi connectivity index (χ1v) is 10.3. The molecule has 180 valence electrons. The van der Waals surface area contributed by atoms with Gasteiger partial charge in [-0.1, -0.05) is 59.8 Å². The zero-order valence-electron chi connectivity index (χ0n) is 18.5. The molecule has 0 radical (unpaired) electrons. The van der Waals surface area contributed by atoms with Crippen molar-refractivity contribution in [3.05, 3.63) is 60.2 Å². The molecule has 34 heavy (non-hydrogen) atoms. The summed E-state index contributed by atoms with van der Waals surface area (Å²) in [5, 5.41) is 26.9. The number of hydrogen-bond donors (Lipinski definition) is 5. The molecule has 0 aromatic heterocycles. The van der Waals surface area contributed by atoms with Crippen molar-refractivity contribution < 1.29 is 29.4 Å². The highest BCUT2D eigenvalue weighted by Crippen LogP contribution is 2.19. The number of aliphatic hydroxyl groups excluding tert-OH is 1. The fraction of sp³-hybridized carbons (Fsp3) is 0.261. The minimum atomic E-state index is -1.54. The molecule has 6 N–H and O–H groups in total. The van der Waals surface area contributed by atoms with Crippen LogP contribution in [0.1, 0.15) is 18.9 Å². The average Bonchev–Trinajstić information content (AvgIpc) is 2.80. The summed E-state index contributed by atoms with van der Waals surface area (Å²) in [4.78, 5) is 43.7. The molecule has 3 atom stereocenters. The van der Waals surface area contributed by atoms with Crippen molar-refractivity contribution in [1.29, 1.82) is 0 Å². The van der Waals surface area contributed by atoms with E-state index in [1.807, 2.05) is 42.5 Å². The number of rotatable bonds is 11. The first-order chi connectivity index (χ1) is 16.2. The van der Waals surface area contributed by atoms with Crippen molar-refractivity contribution in [2.75, 3.05) is 6.61 Å². The summed E-state index contributed by atoms with van der Waals surface area (Å²) in [6, 6.07) is 13.8. The summed E-state index contributed by atoms with van der Waals surface area (Å²) < 4.78 is 0. The van der Waals surface area contributed by atoms with Gasteiger partial charge >= 0.3 is 12.0 Å². The van der Waals surface area contributed by atoms with Crippen LogP contribution in [0.25, 0.3) is 11.1 Å². The van der Waals surface area contributed by atoms with E-state index in [0.717, 1.165) is 11.1 Å². The summed E-state index contributed by atoms with van der Waals surface area (Å²) in [6.45, 7) is 4.44. The molecule has 0 saturated carbocycles. The zero-order chi connectivity index (χ0) is 25.1. The lowest BCUT2D eigenvalue weighted by atomic mass is 10.0. The molecule has 0 aliphatic rings. The van der Waals surface area contributed by atoms with Crippen LogP contribution in [0.3, 0.4) is 0 Å². The van der Waals surface area contributed by atoms with E-state index in [1.165, 1.54) is 6.92 Å². The summed E-state index contributed by atoms with van der Waals surface area (Å²) in [6.07, 6.45) is -1.63. The van der Waals surface area contributed by atoms with Crippen LogP contribution in [0.2, 0.25) is 0 Å². The minimum absolute atomic E-state index is 0.182. The van der Waals surface area contributed by atoms with Gasteiger partial charge in [0.05, 0.1) is 18.6 Å². The van der Waals surface area contributed by atoms with Crippen molar-refractivity contribution in [3.8, 4) is 11.1 Å². The Morgan fingerprint density at radius 2 is 1.68 bits per heavy atom. The highest BCUT2D eigenvalue weighted by atomic mass is 16.6. The van der Waals surface area contributed by atoms with Gasteiger partial charge in [0.1, 0.15) is 6.61 Å². The van der Waals surface area contributed by atoms with E-state index in [4.69, 9.17) is 15.7 Å². The highest BCUT2D eigenvalue weighted by molar-refractivity contribution is 6.01. The van der Waals surface area contributed by atoms with Crippen LogP contribution in [0, 0.1) is 0 Å². The standard InChI is InChI=1S/C23H27N5O6/c1-14(29)20(22(31)32)27-23(33)26-18(12-19(24)30)13-34-28-21(25-2)17-10-8-16(9-11-17)15-6-4-3-5-7-15/h3-11,14,18,20,29H,2,12-13H2,1H3,(H2,24,30)(H,31,32)(H2,26,27,33)/b28-21-/t14-,18+,20+/m1/s1. The first-order valence-electron chi connectivity index (χ1n) is 10.3. The second kappa shape index (κ2) is 12.7. The van der Waals surface area contributed by atoms with Crippen LogP contribution in [-0.2, 0) is 14.4 Å². The molecule has 11 nitrogen and oxygen atoms in total. The third kappa shape index (κ3) is 8.02. The lowest BCUT2D eigenvalue weighted by molar-refractivity contribution is -0.141. The van der Waals surface area contributed by atoms with Gasteiger partial charge in [-0.3, -0.25) is 4.79 Å². The summed E-state index contributed by atoms with van der Waals surface area (Å²) in [7, 11) is 0. The number of amidine groups is 1. The lowest BCUT2D eigenvalue weighted by Crippen LogP contribution is -2.54. The van der Waals surface area contributed by atoms with E-state index in [9.17, 15) is 19.5 Å². The summed E-state index contributed by atoms with van der Waals surface area (Å²) >= 11 is 0. The number of primary amides is 1. The number of aliphatic carboxylic acids is 1. The third-order valence-electron chi connectivity index (χ3n) is 4.64. The van der Waals surface area contributed by atoms with Gasteiger partial charge in [0.25, 0.3) is 0 Å². The number of nitrogens with two attached hydrogens (primary N) is 1. The number of hydrogen-bond acceptors (Lipinski definition) is 6. The number of oxime groups is 1. The van der Waals surface area contributed by atoms with Gasteiger partial charge in [-0.2, -0.15) is 0 Å². The molecule has 3 amide bonds. The molecule has 0 spiro atoms. The Morgan fingerprint density at radius 3 is 2.21 bits per heavy atom. The second-order valence-corrected chi connectivity index (χ2v) is 7.35. The Bertz CT molecular complexity index is 1020. The van der Waals surface area contributed by atoms with Crippen LogP contribution >= 0.6 is 0 Å². The highest BCUT2D eigenvalue weighted by Gasteiger charge is 2.26. The molecular formula is C23H27N5O6. The third-order valence-corrected chi connectivity index (χ3v) is 4.64. The molecule has 2 rings (SSSR count). The van der Waals surface area contributed by atoms with Crippen LogP contribution in [0.5, 0.6) is 0 Å². The SMILES string of the molecule is C=N/C(=N\OC[C@H](CC(N)=O)NC(=O)N[C@H](C(=O)O)[C@@H](C)O)c1ccc(-c2ccccc2)cc1. The Kier molecular flexibility index (Phi) is 9.72. The van der Waals surface area contributed by atoms with Gasteiger partial charge in [0, 0.05) is 5.56 Å². The van der Waals surface area contributed by atoms with Crippen LogP contribution < -0.4 is 16.4 Å². The number of carbonyl (C=O) groups is 3. The molecule has 0 unspecified atom stereocenters. The monoisotopic (exact) mass is 469 g/mol. The molecule has 2 aromatic rings. The number of amides is 3. The van der Waals surface area contributed by atoms with E-state index >= 15 is 0 Å². The van der Waals surface area contributed by atoms with Gasteiger partial charge in [-0.25, -0.2) is 14.6 Å². The molecule has 0 heterocycles. The van der Waals surface area contributed by atoms with E-state index < -0.39 is 36.1 Å². The lowest BCUT2D eigenvalue weighted by Gasteiger charge is -2.21. The molecule has 0 aliphatic carbocycles. The van der Waals surface area contributed by atoms with Crippen LogP contribution in [0.4, 0.5) is 4.79 Å². The quantitative estimate of drug-likeness (QED) is 0.187. The van der Waals surface area contributed by atoms with Gasteiger partial charge in [0.2, 0.25) is 5.91 Å². The average molecular weight is 469 g/mol. The first kappa shape index (κ1) is 26.0. The van der Waals surface area contributed by atoms with E-state index in [1.54, 1.807) is 12.1 Å². The normalized spacial score (nSPS) is 13.8. The van der Waals surface area contributed by atoms with Crippen molar-refractivity contribution in [2.45, 2.75) is 31.5 Å². The van der Waals surface area contributed by atoms with Gasteiger partial charge in [-0.05, 0) is 24.8 Å². The second-order valence-electron chi connectivity index (χ2n) is 7.35. The number of aliphatic hydroxyl groups is 1. The Hall–Kier alpha value is -4.25. The zero-order valence-corrected chi connectivity index (χ0v) is 18.5. The maximum absolute atomic E-state index is 12.1. The predicted octanol–water partition coefficient (Wildman–Crippen LogP) is 1.11. The van der Waals surface area contributed by atoms with Gasteiger partial charge < -0.3 is 31.4 Å². The number of nitrogens with one attached hydrogen (secondary N) is 2. The molecule has 2 aromatic carbocycles. The Labute approximate surface area is 196 Å². The summed E-state index contributed by atoms with van der Waals surface area (Å²) in [5.74, 6) is -1.96. The van der Waals surface area contributed by atoms with Crippen molar-refractivity contribution in [1.82, 2.24) is 10.6 Å². The molecule has 0 bridgehead atoms. The van der Waals surface area contributed by atoms with Gasteiger partial charge in [0.15, 0.2) is 11.9 Å². The fourth-order valence-corrected chi connectivity index (χ4v) is 2.96. The number of benzene rings is 2. The van der Waals surface area contributed by atoms with Crippen molar-refractivity contribution in [3.63, 3.8) is 0 Å². The molecule has 11 heteroatoms. The maximum atomic E-state index is 12.1. The van der Waals surface area contributed by atoms with E-state index in [-0.39, 0.29) is 18.9 Å². The molecule has 0 fully saturated rings. The number of carboxylic acids is 1. The number of carbonyl (C=O) groups excluding carboxylic acids is 2. The number of urea groups is 1. The van der Waals surface area contributed by atoms with E-state index in [2.05, 4.69) is 27.5 Å². The topological polar surface area (TPSA) is 176 Å². The molecule has 0 aliphatic heterocycles. The summed E-state index contributed by atoms with van der Waals surface area (Å²) in [5.41, 5.74) is 7.90. The maximum Gasteiger partial charge on any atom is 0.328 e. The predicted molar refractivity (Wildman–Crippen MR) is 126 cm³/mol. The van der Waals surface area contributed by atoms with E-state index in [0.29, 0.717) is 5.56 Å². The Balaban J connectivity index is 2.03. The fourth-order valence-electron chi connectivity index (χ4n) is 2.96.